The van der Waals surface area contributed by atoms with Gasteiger partial charge >= 0.3 is 5.97 Å². The molecule has 23 heavy (non-hydrogen) atoms. The third kappa shape index (κ3) is 3.07. The van der Waals surface area contributed by atoms with Crippen LogP contribution in [-0.2, 0) is 0 Å². The van der Waals surface area contributed by atoms with Crippen molar-refractivity contribution in [1.82, 2.24) is 9.97 Å². The molecular weight excluding hydrogens is 317 g/mol. The molecule has 2 heterocycles. The van der Waals surface area contributed by atoms with Gasteiger partial charge in [0.15, 0.2) is 0 Å². The van der Waals surface area contributed by atoms with Crippen molar-refractivity contribution in [2.24, 2.45) is 0 Å². The van der Waals surface area contributed by atoms with Gasteiger partial charge in [-0.05, 0) is 42.5 Å². The molecule has 0 aliphatic heterocycles. The Hall–Kier alpha value is -3.11. The van der Waals surface area contributed by atoms with Gasteiger partial charge < -0.3 is 5.11 Å². The monoisotopic (exact) mass is 325 g/mol. The van der Waals surface area contributed by atoms with Gasteiger partial charge in [-0.25, -0.2) is 19.2 Å². The summed E-state index contributed by atoms with van der Waals surface area (Å²) in [4.78, 5) is 19.2. The van der Waals surface area contributed by atoms with Crippen LogP contribution in [0.3, 0.4) is 0 Å². The van der Waals surface area contributed by atoms with E-state index in [4.69, 9.17) is 10.4 Å². The third-order valence-electron chi connectivity index (χ3n) is 3.02. The molecule has 0 saturated carbocycles. The van der Waals surface area contributed by atoms with Crippen LogP contribution in [0.5, 0.6) is 0 Å². The molecule has 0 bridgehead atoms. The molecule has 0 spiro atoms. The standard InChI is InChI=1S/C16H8FN3O2S/c17-10-2-4-12-14(7-10)23-15(20-12)6-5-11-9(8-18)1-3-13(19-11)16(21)22/h1-7H,(H,21,22)/b6-5+. The van der Waals surface area contributed by atoms with Gasteiger partial charge in [0.2, 0.25) is 0 Å². The smallest absolute Gasteiger partial charge is 0.354 e. The van der Waals surface area contributed by atoms with Crippen molar-refractivity contribution in [3.05, 3.63) is 58.1 Å². The number of hydrogen-bond donors (Lipinski definition) is 1. The Balaban J connectivity index is 1.99. The fraction of sp³-hybridized carbons (Fsp3) is 0. The topological polar surface area (TPSA) is 86.9 Å². The van der Waals surface area contributed by atoms with Crippen LogP contribution in [0, 0.1) is 17.1 Å². The molecule has 0 aliphatic carbocycles. The van der Waals surface area contributed by atoms with E-state index >= 15 is 0 Å². The maximum absolute atomic E-state index is 13.2. The molecule has 112 valence electrons. The first-order valence-corrected chi connectivity index (χ1v) is 7.27. The lowest BCUT2D eigenvalue weighted by Crippen LogP contribution is -2.02. The zero-order valence-electron chi connectivity index (χ0n) is 11.5. The second kappa shape index (κ2) is 5.94. The van der Waals surface area contributed by atoms with Crippen molar-refractivity contribution in [2.45, 2.75) is 0 Å². The zero-order chi connectivity index (χ0) is 16.4. The number of aromatic nitrogens is 2. The van der Waals surface area contributed by atoms with Crippen molar-refractivity contribution in [1.29, 1.82) is 5.26 Å². The maximum Gasteiger partial charge on any atom is 0.354 e. The number of hydrogen-bond acceptors (Lipinski definition) is 5. The van der Waals surface area contributed by atoms with Crippen LogP contribution in [0.1, 0.15) is 26.8 Å². The van der Waals surface area contributed by atoms with E-state index in [9.17, 15) is 9.18 Å². The Morgan fingerprint density at radius 2 is 2.09 bits per heavy atom. The average molecular weight is 325 g/mol. The molecule has 2 aromatic heterocycles. The van der Waals surface area contributed by atoms with Gasteiger partial charge in [0.25, 0.3) is 0 Å². The quantitative estimate of drug-likeness (QED) is 0.795. The molecular formula is C16H8FN3O2S. The normalized spacial score (nSPS) is 11.0. The molecule has 0 aliphatic rings. The minimum Gasteiger partial charge on any atom is -0.477 e. The van der Waals surface area contributed by atoms with Crippen LogP contribution in [0.4, 0.5) is 4.39 Å². The Labute approximate surface area is 134 Å². The second-order valence-corrected chi connectivity index (χ2v) is 5.61. The Morgan fingerprint density at radius 1 is 1.26 bits per heavy atom. The van der Waals surface area contributed by atoms with E-state index in [0.717, 1.165) is 0 Å². The first-order valence-electron chi connectivity index (χ1n) is 6.45. The molecule has 0 unspecified atom stereocenters. The van der Waals surface area contributed by atoms with E-state index in [1.807, 2.05) is 6.07 Å². The summed E-state index contributed by atoms with van der Waals surface area (Å²) in [6.45, 7) is 0. The predicted molar refractivity (Wildman–Crippen MR) is 84.4 cm³/mol. The lowest BCUT2D eigenvalue weighted by Gasteiger charge is -1.98. The van der Waals surface area contributed by atoms with E-state index in [1.54, 1.807) is 12.1 Å². The number of aromatic carboxylic acids is 1. The van der Waals surface area contributed by atoms with Gasteiger partial charge in [-0.15, -0.1) is 11.3 Å². The van der Waals surface area contributed by atoms with Crippen LogP contribution in [-0.4, -0.2) is 21.0 Å². The van der Waals surface area contributed by atoms with Crippen LogP contribution in [0.25, 0.3) is 22.4 Å². The minimum absolute atomic E-state index is 0.143. The van der Waals surface area contributed by atoms with Crippen molar-refractivity contribution in [3.63, 3.8) is 0 Å². The predicted octanol–water partition coefficient (Wildman–Crippen LogP) is 3.57. The molecule has 1 aromatic carbocycles. The molecule has 7 heteroatoms. The van der Waals surface area contributed by atoms with Crippen molar-refractivity contribution < 1.29 is 14.3 Å². The number of nitriles is 1. The summed E-state index contributed by atoms with van der Waals surface area (Å²) in [7, 11) is 0. The first kappa shape index (κ1) is 14.8. The maximum atomic E-state index is 13.2. The Morgan fingerprint density at radius 3 is 2.83 bits per heavy atom. The number of carboxylic acid groups (broad SMARTS) is 1. The second-order valence-electron chi connectivity index (χ2n) is 4.54. The first-order chi connectivity index (χ1) is 11.1. The lowest BCUT2D eigenvalue weighted by molar-refractivity contribution is 0.0690. The van der Waals surface area contributed by atoms with Crippen LogP contribution < -0.4 is 0 Å². The number of rotatable bonds is 3. The number of carbonyl (C=O) groups is 1. The Bertz CT molecular complexity index is 989. The summed E-state index contributed by atoms with van der Waals surface area (Å²) in [5, 5.41) is 18.6. The van der Waals surface area contributed by atoms with Gasteiger partial charge in [-0.1, -0.05) is 0 Å². The average Bonchev–Trinajstić information content (AvgIpc) is 2.94. The number of halogens is 1. The fourth-order valence-electron chi connectivity index (χ4n) is 1.95. The van der Waals surface area contributed by atoms with Crippen molar-refractivity contribution in [2.75, 3.05) is 0 Å². The van der Waals surface area contributed by atoms with Gasteiger partial charge in [-0.3, -0.25) is 0 Å². The number of fused-ring (bicyclic) bond motifs is 1. The van der Waals surface area contributed by atoms with Gasteiger partial charge in [-0.2, -0.15) is 5.26 Å². The van der Waals surface area contributed by atoms with E-state index < -0.39 is 5.97 Å². The largest absolute Gasteiger partial charge is 0.477 e. The highest BCUT2D eigenvalue weighted by atomic mass is 32.1. The summed E-state index contributed by atoms with van der Waals surface area (Å²) < 4.78 is 13.9. The van der Waals surface area contributed by atoms with E-state index in [-0.39, 0.29) is 22.8 Å². The minimum atomic E-state index is -1.17. The number of thiazole rings is 1. The summed E-state index contributed by atoms with van der Waals surface area (Å²) in [6, 6.07) is 8.96. The molecule has 0 saturated heterocycles. The lowest BCUT2D eigenvalue weighted by atomic mass is 10.2. The number of pyridine rings is 1. The number of benzene rings is 1. The summed E-state index contributed by atoms with van der Waals surface area (Å²) in [5.41, 5.74) is 1.04. The molecule has 0 atom stereocenters. The van der Waals surface area contributed by atoms with Crippen LogP contribution in [0.2, 0.25) is 0 Å². The summed E-state index contributed by atoms with van der Waals surface area (Å²) >= 11 is 1.29. The molecule has 0 radical (unpaired) electrons. The molecule has 3 rings (SSSR count). The molecule has 0 fully saturated rings. The highest BCUT2D eigenvalue weighted by molar-refractivity contribution is 7.19. The fourth-order valence-corrected chi connectivity index (χ4v) is 2.85. The molecule has 1 N–H and O–H groups in total. The van der Waals surface area contributed by atoms with Gasteiger partial charge in [0.1, 0.15) is 22.6 Å². The van der Waals surface area contributed by atoms with Crippen LogP contribution in [0.15, 0.2) is 30.3 Å². The van der Waals surface area contributed by atoms with Crippen LogP contribution >= 0.6 is 11.3 Å². The van der Waals surface area contributed by atoms with Gasteiger partial charge in [0, 0.05) is 0 Å². The summed E-state index contributed by atoms with van der Waals surface area (Å²) in [6.07, 6.45) is 3.15. The van der Waals surface area contributed by atoms with Crippen molar-refractivity contribution >= 4 is 39.7 Å². The SMILES string of the molecule is N#Cc1ccc(C(=O)O)nc1/C=C/c1nc2ccc(F)cc2s1. The van der Waals surface area contributed by atoms with E-state index in [2.05, 4.69) is 9.97 Å². The number of nitrogens with zero attached hydrogens (tertiary/aromatic N) is 3. The molecule has 5 nitrogen and oxygen atoms in total. The number of carboxylic acids is 1. The third-order valence-corrected chi connectivity index (χ3v) is 4.00. The van der Waals surface area contributed by atoms with Crippen molar-refractivity contribution in [3.8, 4) is 6.07 Å². The summed E-state index contributed by atoms with van der Waals surface area (Å²) in [5.74, 6) is -1.50. The van der Waals surface area contributed by atoms with E-state index in [0.29, 0.717) is 15.2 Å². The molecule has 3 aromatic rings. The molecule has 0 amide bonds. The highest BCUT2D eigenvalue weighted by Crippen LogP contribution is 2.24. The highest BCUT2D eigenvalue weighted by Gasteiger charge is 2.09. The van der Waals surface area contributed by atoms with Gasteiger partial charge in [0.05, 0.1) is 21.5 Å². The Kier molecular flexibility index (Phi) is 3.83. The zero-order valence-corrected chi connectivity index (χ0v) is 12.3. The van der Waals surface area contributed by atoms with E-state index in [1.165, 1.54) is 41.7 Å².